The topological polar surface area (TPSA) is 51.4 Å². The van der Waals surface area contributed by atoms with Crippen molar-refractivity contribution in [2.24, 2.45) is 0 Å². The molecule has 0 aliphatic carbocycles. The molecule has 0 fully saturated rings. The third-order valence-electron chi connectivity index (χ3n) is 3.26. The van der Waals surface area contributed by atoms with Crippen LogP contribution in [0.1, 0.15) is 24.5 Å². The summed E-state index contributed by atoms with van der Waals surface area (Å²) in [5, 5.41) is 0. The first kappa shape index (κ1) is 15.2. The van der Waals surface area contributed by atoms with Gasteiger partial charge in [0.2, 0.25) is 5.88 Å². The summed E-state index contributed by atoms with van der Waals surface area (Å²) in [6, 6.07) is 10.2. The predicted octanol–water partition coefficient (Wildman–Crippen LogP) is 3.84. The second-order valence-corrected chi connectivity index (χ2v) is 5.32. The van der Waals surface area contributed by atoms with Gasteiger partial charge < -0.3 is 15.4 Å². The van der Waals surface area contributed by atoms with E-state index in [0.717, 1.165) is 17.9 Å². The minimum absolute atomic E-state index is 0.505. The molecular formula is C17H23N3O. The van der Waals surface area contributed by atoms with Crippen molar-refractivity contribution < 1.29 is 4.74 Å². The summed E-state index contributed by atoms with van der Waals surface area (Å²) in [6.45, 7) is 6.86. The molecule has 2 N–H and O–H groups in total. The molecular weight excluding hydrogens is 262 g/mol. The molecule has 0 bridgehead atoms. The fourth-order valence-corrected chi connectivity index (χ4v) is 2.22. The lowest BCUT2D eigenvalue weighted by molar-refractivity contribution is 0.307. The number of nitrogens with zero attached hydrogens (tertiary/aromatic N) is 2. The average molecular weight is 285 g/mol. The maximum atomic E-state index is 5.91. The molecule has 0 unspecified atom stereocenters. The SMILES string of the molecule is CCCOc1nc(N(C)c2cc(C)cc(C)c2)ccc1N. The quantitative estimate of drug-likeness (QED) is 0.907. The summed E-state index contributed by atoms with van der Waals surface area (Å²) in [5.41, 5.74) is 10.0. The zero-order valence-electron chi connectivity index (χ0n) is 13.2. The molecule has 0 aliphatic heterocycles. The molecule has 0 atom stereocenters. The number of pyridine rings is 1. The Balaban J connectivity index is 2.32. The maximum Gasteiger partial charge on any atom is 0.239 e. The van der Waals surface area contributed by atoms with Gasteiger partial charge in [-0.05, 0) is 55.7 Å². The highest BCUT2D eigenvalue weighted by molar-refractivity contribution is 5.64. The Bertz CT molecular complexity index is 605. The number of aromatic nitrogens is 1. The molecule has 112 valence electrons. The summed E-state index contributed by atoms with van der Waals surface area (Å²) < 4.78 is 5.60. The van der Waals surface area contributed by atoms with Gasteiger partial charge in [-0.1, -0.05) is 13.0 Å². The van der Waals surface area contributed by atoms with Gasteiger partial charge >= 0.3 is 0 Å². The second-order valence-electron chi connectivity index (χ2n) is 5.32. The van der Waals surface area contributed by atoms with Gasteiger partial charge in [0.05, 0.1) is 12.3 Å². The zero-order valence-corrected chi connectivity index (χ0v) is 13.2. The van der Waals surface area contributed by atoms with Crippen LogP contribution in [0.25, 0.3) is 0 Å². The smallest absolute Gasteiger partial charge is 0.239 e. The number of hydrogen-bond acceptors (Lipinski definition) is 4. The van der Waals surface area contributed by atoms with Crippen molar-refractivity contribution in [2.45, 2.75) is 27.2 Å². The first-order valence-electron chi connectivity index (χ1n) is 7.22. The van der Waals surface area contributed by atoms with E-state index in [-0.39, 0.29) is 0 Å². The Kier molecular flexibility index (Phi) is 4.68. The van der Waals surface area contributed by atoms with Gasteiger partial charge in [0.25, 0.3) is 0 Å². The van der Waals surface area contributed by atoms with Crippen LogP contribution in [0.4, 0.5) is 17.2 Å². The average Bonchev–Trinajstić information content (AvgIpc) is 2.44. The highest BCUT2D eigenvalue weighted by Crippen LogP contribution is 2.28. The first-order valence-corrected chi connectivity index (χ1v) is 7.22. The van der Waals surface area contributed by atoms with Crippen molar-refractivity contribution in [1.82, 2.24) is 4.98 Å². The molecule has 0 spiro atoms. The van der Waals surface area contributed by atoms with Crippen LogP contribution in [-0.4, -0.2) is 18.6 Å². The minimum atomic E-state index is 0.505. The number of benzene rings is 1. The minimum Gasteiger partial charge on any atom is -0.476 e. The molecule has 21 heavy (non-hydrogen) atoms. The Morgan fingerprint density at radius 2 is 1.81 bits per heavy atom. The van der Waals surface area contributed by atoms with Crippen molar-refractivity contribution in [1.29, 1.82) is 0 Å². The first-order chi connectivity index (χ1) is 10.0. The van der Waals surface area contributed by atoms with Crippen molar-refractivity contribution >= 4 is 17.2 Å². The maximum absolute atomic E-state index is 5.91. The number of anilines is 3. The van der Waals surface area contributed by atoms with E-state index in [1.165, 1.54) is 11.1 Å². The van der Waals surface area contributed by atoms with Gasteiger partial charge in [0.15, 0.2) is 0 Å². The molecule has 4 heteroatoms. The molecule has 1 aromatic carbocycles. The van der Waals surface area contributed by atoms with Gasteiger partial charge in [-0.25, -0.2) is 0 Å². The fraction of sp³-hybridized carbons (Fsp3) is 0.353. The van der Waals surface area contributed by atoms with Gasteiger partial charge in [-0.3, -0.25) is 0 Å². The van der Waals surface area contributed by atoms with Crippen LogP contribution in [-0.2, 0) is 0 Å². The van der Waals surface area contributed by atoms with E-state index < -0.39 is 0 Å². The molecule has 0 radical (unpaired) electrons. The molecule has 0 aliphatic rings. The van der Waals surface area contributed by atoms with Crippen molar-refractivity contribution in [3.8, 4) is 5.88 Å². The molecule has 0 saturated carbocycles. The molecule has 2 aromatic rings. The number of rotatable bonds is 5. The summed E-state index contributed by atoms with van der Waals surface area (Å²) >= 11 is 0. The third-order valence-corrected chi connectivity index (χ3v) is 3.26. The largest absolute Gasteiger partial charge is 0.476 e. The van der Waals surface area contributed by atoms with E-state index in [1.807, 2.05) is 24.1 Å². The van der Waals surface area contributed by atoms with E-state index in [0.29, 0.717) is 18.2 Å². The van der Waals surface area contributed by atoms with Crippen LogP contribution in [0, 0.1) is 13.8 Å². The summed E-state index contributed by atoms with van der Waals surface area (Å²) in [5.74, 6) is 1.32. The van der Waals surface area contributed by atoms with Gasteiger partial charge in [-0.2, -0.15) is 4.98 Å². The summed E-state index contributed by atoms with van der Waals surface area (Å²) in [7, 11) is 2.00. The molecule has 2 rings (SSSR count). The van der Waals surface area contributed by atoms with E-state index in [4.69, 9.17) is 10.5 Å². The molecule has 0 saturated heterocycles. The molecule has 1 aromatic heterocycles. The lowest BCUT2D eigenvalue weighted by Gasteiger charge is -2.20. The highest BCUT2D eigenvalue weighted by atomic mass is 16.5. The van der Waals surface area contributed by atoms with E-state index >= 15 is 0 Å². The van der Waals surface area contributed by atoms with Gasteiger partial charge in [0.1, 0.15) is 5.82 Å². The third kappa shape index (κ3) is 3.66. The monoisotopic (exact) mass is 285 g/mol. The second kappa shape index (κ2) is 6.48. The fourth-order valence-electron chi connectivity index (χ4n) is 2.22. The van der Waals surface area contributed by atoms with Crippen LogP contribution in [0.3, 0.4) is 0 Å². The van der Waals surface area contributed by atoms with Crippen molar-refractivity contribution in [2.75, 3.05) is 24.3 Å². The van der Waals surface area contributed by atoms with Gasteiger partial charge in [-0.15, -0.1) is 0 Å². The number of nitrogen functional groups attached to an aromatic ring is 1. The summed E-state index contributed by atoms with van der Waals surface area (Å²) in [6.07, 6.45) is 0.929. The van der Waals surface area contributed by atoms with E-state index in [2.05, 4.69) is 44.0 Å². The summed E-state index contributed by atoms with van der Waals surface area (Å²) in [4.78, 5) is 6.56. The zero-order chi connectivity index (χ0) is 15.4. The van der Waals surface area contributed by atoms with E-state index in [1.54, 1.807) is 0 Å². The Morgan fingerprint density at radius 1 is 1.14 bits per heavy atom. The molecule has 0 amide bonds. The predicted molar refractivity (Wildman–Crippen MR) is 88.4 cm³/mol. The highest BCUT2D eigenvalue weighted by Gasteiger charge is 2.10. The molecule has 1 heterocycles. The number of nitrogens with two attached hydrogens (primary N) is 1. The molecule has 4 nitrogen and oxygen atoms in total. The van der Waals surface area contributed by atoms with Crippen LogP contribution in [0.2, 0.25) is 0 Å². The Morgan fingerprint density at radius 3 is 2.43 bits per heavy atom. The number of aryl methyl sites for hydroxylation is 2. The van der Waals surface area contributed by atoms with Crippen molar-refractivity contribution in [3.63, 3.8) is 0 Å². The van der Waals surface area contributed by atoms with Crippen molar-refractivity contribution in [3.05, 3.63) is 41.5 Å². The van der Waals surface area contributed by atoms with Crippen LogP contribution in [0.15, 0.2) is 30.3 Å². The van der Waals surface area contributed by atoms with Crippen LogP contribution < -0.4 is 15.4 Å². The lowest BCUT2D eigenvalue weighted by atomic mass is 10.1. The van der Waals surface area contributed by atoms with Gasteiger partial charge in [0, 0.05) is 12.7 Å². The standard InChI is InChI=1S/C17H23N3O/c1-5-8-21-17-15(18)6-7-16(19-17)20(4)14-10-12(2)9-13(3)11-14/h6-7,9-11H,5,8,18H2,1-4H3. The Hall–Kier alpha value is -2.23. The normalized spacial score (nSPS) is 10.5. The van der Waals surface area contributed by atoms with Crippen LogP contribution >= 0.6 is 0 Å². The number of hydrogen-bond donors (Lipinski definition) is 1. The van der Waals surface area contributed by atoms with E-state index in [9.17, 15) is 0 Å². The van der Waals surface area contributed by atoms with Crippen LogP contribution in [0.5, 0.6) is 5.88 Å². The number of ether oxygens (including phenoxy) is 1. The lowest BCUT2D eigenvalue weighted by Crippen LogP contribution is -2.13. The Labute approximate surface area is 126 Å².